The Labute approximate surface area is 207 Å². The van der Waals surface area contributed by atoms with Gasteiger partial charge in [0.05, 0.1) is 24.9 Å². The van der Waals surface area contributed by atoms with Gasteiger partial charge in [-0.3, -0.25) is 14.4 Å². The highest BCUT2D eigenvalue weighted by Gasteiger charge is 2.33. The highest BCUT2D eigenvalue weighted by Crippen LogP contribution is 2.21. The number of aliphatic hydroxyl groups excluding tert-OH is 1. The molecule has 2 rings (SSSR count). The van der Waals surface area contributed by atoms with Crippen LogP contribution in [0.15, 0.2) is 0 Å². The monoisotopic (exact) mass is 530 g/mol. The van der Waals surface area contributed by atoms with Crippen LogP contribution in [0.5, 0.6) is 0 Å². The summed E-state index contributed by atoms with van der Waals surface area (Å²) in [6.45, 7) is 2.35. The lowest BCUT2D eigenvalue weighted by molar-refractivity contribution is -0.158. The lowest BCUT2D eigenvalue weighted by Gasteiger charge is -2.16. The molecule has 3 unspecified atom stereocenters. The zero-order chi connectivity index (χ0) is 26.2. The summed E-state index contributed by atoms with van der Waals surface area (Å²) < 4.78 is 0. The van der Waals surface area contributed by atoms with Crippen LogP contribution in [0.1, 0.15) is 49.5 Å². The number of aryl methyl sites for hydroxylation is 2. The molecule has 14 nitrogen and oxygen atoms in total. The molecule has 0 saturated heterocycles. The normalized spacial score (nSPS) is 14.5. The van der Waals surface area contributed by atoms with Crippen molar-refractivity contribution < 1.29 is 39.6 Å². The van der Waals surface area contributed by atoms with Gasteiger partial charge in [0, 0.05) is 12.8 Å². The van der Waals surface area contributed by atoms with Crippen LogP contribution in [0.4, 0.5) is 10.3 Å². The van der Waals surface area contributed by atoms with E-state index >= 15 is 0 Å². The third kappa shape index (κ3) is 9.23. The number of hydrogen-bond donors (Lipinski definition) is 6. The Morgan fingerprint density at radius 2 is 1.40 bits per heavy atom. The highest BCUT2D eigenvalue weighted by molar-refractivity contribution is 7.15. The lowest BCUT2D eigenvalue weighted by Crippen LogP contribution is -2.38. The molecule has 192 valence electrons. The molecule has 3 atom stereocenters. The summed E-state index contributed by atoms with van der Waals surface area (Å²) in [7, 11) is 0. The average molecular weight is 531 g/mol. The number of aliphatic hydroxyl groups is 2. The Hall–Kier alpha value is -3.08. The molecule has 0 aliphatic carbocycles. The first-order valence-electron chi connectivity index (χ1n) is 10.5. The summed E-state index contributed by atoms with van der Waals surface area (Å²) in [6, 6.07) is 0. The molecule has 16 heteroatoms. The van der Waals surface area contributed by atoms with Gasteiger partial charge in [-0.2, -0.15) is 0 Å². The Morgan fingerprint density at radius 3 is 1.86 bits per heavy atom. The Bertz CT molecular complexity index is 1060. The molecule has 0 spiro atoms. The number of nitrogens with one attached hydrogen (secondary N) is 2. The number of anilines is 2. The second kappa shape index (κ2) is 12.6. The van der Waals surface area contributed by atoms with E-state index in [4.69, 9.17) is 10.2 Å². The van der Waals surface area contributed by atoms with Gasteiger partial charge >= 0.3 is 11.9 Å². The standard InChI is InChI=1S/C19H26N6O8S2/c1-9(15(29)30)10(26)7-11(27)20-17-24-22-13(34-17)5-3-4-6-14-23-25-18(35-14)21-12(28)8-19(2,33)16(31)32/h9-10,26,33H,3-8H2,1-2H3,(H,29,30)(H,31,32)(H,20,24,27)(H,21,25,28). The van der Waals surface area contributed by atoms with E-state index < -0.39 is 47.8 Å². The molecule has 0 aliphatic heterocycles. The van der Waals surface area contributed by atoms with Crippen LogP contribution in [0, 0.1) is 5.92 Å². The molecule has 2 aromatic heterocycles. The molecule has 2 aromatic rings. The Balaban J connectivity index is 1.71. The van der Waals surface area contributed by atoms with Crippen LogP contribution in [-0.2, 0) is 32.0 Å². The predicted octanol–water partition coefficient (Wildman–Crippen LogP) is 0.529. The minimum Gasteiger partial charge on any atom is -0.481 e. The SMILES string of the molecule is CC(C(=O)O)C(O)CC(=O)Nc1nnc(CCCCc2nnc(NC(=O)CC(C)(O)C(=O)O)s2)s1. The van der Waals surface area contributed by atoms with Gasteiger partial charge < -0.3 is 31.1 Å². The number of aromatic nitrogens is 4. The second-order valence-electron chi connectivity index (χ2n) is 7.96. The molecule has 0 bridgehead atoms. The average Bonchev–Trinajstić information content (AvgIpc) is 3.39. The number of carbonyl (C=O) groups excluding carboxylic acids is 2. The third-order valence-electron chi connectivity index (χ3n) is 4.78. The minimum atomic E-state index is -2.18. The van der Waals surface area contributed by atoms with E-state index in [2.05, 4.69) is 31.0 Å². The molecular weight excluding hydrogens is 504 g/mol. The molecule has 0 aliphatic rings. The zero-order valence-electron chi connectivity index (χ0n) is 18.9. The zero-order valence-corrected chi connectivity index (χ0v) is 20.6. The van der Waals surface area contributed by atoms with Crippen LogP contribution in [-0.4, -0.2) is 76.3 Å². The molecule has 0 saturated carbocycles. The first kappa shape index (κ1) is 28.2. The van der Waals surface area contributed by atoms with Crippen LogP contribution in [0.2, 0.25) is 0 Å². The van der Waals surface area contributed by atoms with E-state index in [0.29, 0.717) is 22.9 Å². The Morgan fingerprint density at radius 1 is 0.914 bits per heavy atom. The molecule has 0 aromatic carbocycles. The van der Waals surface area contributed by atoms with Gasteiger partial charge in [-0.1, -0.05) is 22.7 Å². The molecule has 35 heavy (non-hydrogen) atoms. The van der Waals surface area contributed by atoms with Crippen molar-refractivity contribution in [2.24, 2.45) is 5.92 Å². The molecule has 0 fully saturated rings. The van der Waals surface area contributed by atoms with Crippen molar-refractivity contribution >= 4 is 56.7 Å². The van der Waals surface area contributed by atoms with E-state index in [-0.39, 0.29) is 16.7 Å². The molecular formula is C19H26N6O8S2. The van der Waals surface area contributed by atoms with Gasteiger partial charge in [-0.05, 0) is 26.7 Å². The number of hydrogen-bond acceptors (Lipinski definition) is 12. The van der Waals surface area contributed by atoms with Gasteiger partial charge in [0.2, 0.25) is 22.1 Å². The maximum Gasteiger partial charge on any atom is 0.335 e. The van der Waals surface area contributed by atoms with Crippen molar-refractivity contribution in [3.05, 3.63) is 10.0 Å². The molecule has 2 heterocycles. The maximum absolute atomic E-state index is 11.9. The van der Waals surface area contributed by atoms with Crippen molar-refractivity contribution in [3.63, 3.8) is 0 Å². The number of carboxylic acids is 2. The smallest absolute Gasteiger partial charge is 0.335 e. The number of unbranched alkanes of at least 4 members (excludes halogenated alkanes) is 1. The van der Waals surface area contributed by atoms with Crippen molar-refractivity contribution in [1.82, 2.24) is 20.4 Å². The topological polar surface area (TPSA) is 225 Å². The van der Waals surface area contributed by atoms with E-state index in [1.807, 2.05) is 0 Å². The van der Waals surface area contributed by atoms with Crippen molar-refractivity contribution in [3.8, 4) is 0 Å². The van der Waals surface area contributed by atoms with Gasteiger partial charge in [0.15, 0.2) is 5.60 Å². The lowest BCUT2D eigenvalue weighted by atomic mass is 10.0. The fraction of sp³-hybridized carbons (Fsp3) is 0.579. The summed E-state index contributed by atoms with van der Waals surface area (Å²) in [6.07, 6.45) is 0.349. The van der Waals surface area contributed by atoms with E-state index in [1.54, 1.807) is 0 Å². The van der Waals surface area contributed by atoms with Gasteiger partial charge in [0.25, 0.3) is 0 Å². The van der Waals surface area contributed by atoms with Crippen LogP contribution < -0.4 is 10.6 Å². The van der Waals surface area contributed by atoms with Gasteiger partial charge in [-0.25, -0.2) is 4.79 Å². The van der Waals surface area contributed by atoms with Crippen molar-refractivity contribution in [2.45, 2.75) is 64.1 Å². The summed E-state index contributed by atoms with van der Waals surface area (Å²) >= 11 is 2.33. The highest BCUT2D eigenvalue weighted by atomic mass is 32.1. The number of carbonyl (C=O) groups is 4. The predicted molar refractivity (Wildman–Crippen MR) is 124 cm³/mol. The molecule has 6 N–H and O–H groups in total. The van der Waals surface area contributed by atoms with Crippen LogP contribution in [0.3, 0.4) is 0 Å². The van der Waals surface area contributed by atoms with Crippen molar-refractivity contribution in [2.75, 3.05) is 10.6 Å². The minimum absolute atomic E-state index is 0.207. The van der Waals surface area contributed by atoms with Crippen molar-refractivity contribution in [1.29, 1.82) is 0 Å². The quantitative estimate of drug-likeness (QED) is 0.184. The first-order chi connectivity index (χ1) is 16.4. The first-order valence-corrected chi connectivity index (χ1v) is 12.1. The number of carboxylic acid groups (broad SMARTS) is 2. The molecule has 0 radical (unpaired) electrons. The van der Waals surface area contributed by atoms with E-state index in [9.17, 15) is 29.4 Å². The maximum atomic E-state index is 11.9. The largest absolute Gasteiger partial charge is 0.481 e. The Kier molecular flexibility index (Phi) is 10.1. The van der Waals surface area contributed by atoms with Crippen LogP contribution in [0.25, 0.3) is 0 Å². The number of rotatable bonds is 14. The van der Waals surface area contributed by atoms with E-state index in [1.165, 1.54) is 18.3 Å². The second-order valence-corrected chi connectivity index (χ2v) is 10.1. The fourth-order valence-corrected chi connectivity index (χ4v) is 4.21. The number of nitrogens with zero attached hydrogens (tertiary/aromatic N) is 4. The summed E-state index contributed by atoms with van der Waals surface area (Å²) in [5, 5.41) is 59.5. The van der Waals surface area contributed by atoms with Gasteiger partial charge in [0.1, 0.15) is 10.0 Å². The summed E-state index contributed by atoms with van der Waals surface area (Å²) in [4.78, 5) is 45.5. The number of amides is 2. The van der Waals surface area contributed by atoms with E-state index in [0.717, 1.165) is 31.1 Å². The van der Waals surface area contributed by atoms with Gasteiger partial charge in [-0.15, -0.1) is 20.4 Å². The fourth-order valence-electron chi connectivity index (χ4n) is 2.62. The number of aliphatic carboxylic acids is 2. The molecule has 2 amide bonds. The summed E-state index contributed by atoms with van der Waals surface area (Å²) in [5.41, 5.74) is -2.18. The third-order valence-corrected chi connectivity index (χ3v) is 6.58. The van der Waals surface area contributed by atoms with Crippen LogP contribution >= 0.6 is 22.7 Å². The summed E-state index contributed by atoms with van der Waals surface area (Å²) in [5.74, 6) is -5.01.